The van der Waals surface area contributed by atoms with Gasteiger partial charge in [-0.25, -0.2) is 0 Å². The smallest absolute Gasteiger partial charge is 0.156 e. The van der Waals surface area contributed by atoms with E-state index < -0.39 is 0 Å². The summed E-state index contributed by atoms with van der Waals surface area (Å²) in [6.07, 6.45) is 10.6. The second-order valence-corrected chi connectivity index (χ2v) is 5.16. The predicted octanol–water partition coefficient (Wildman–Crippen LogP) is 3.19. The lowest BCUT2D eigenvalue weighted by molar-refractivity contribution is 0.279. The Hall–Kier alpha value is -0.770. The van der Waals surface area contributed by atoms with E-state index in [0.717, 1.165) is 6.54 Å². The third-order valence-electron chi connectivity index (χ3n) is 3.57. The highest BCUT2D eigenvalue weighted by molar-refractivity contribution is 5.84. The molecule has 0 saturated heterocycles. The molecule has 4 nitrogen and oxygen atoms in total. The zero-order valence-corrected chi connectivity index (χ0v) is 12.4. The summed E-state index contributed by atoms with van der Waals surface area (Å²) in [5.74, 6) is 0.289. The molecule has 4 heteroatoms. The van der Waals surface area contributed by atoms with Crippen LogP contribution >= 0.6 is 0 Å². The minimum atomic E-state index is 0.0135. The van der Waals surface area contributed by atoms with Gasteiger partial charge in [-0.3, -0.25) is 4.90 Å². The van der Waals surface area contributed by atoms with Gasteiger partial charge in [0.25, 0.3) is 0 Å². The first kappa shape index (κ1) is 17.2. The van der Waals surface area contributed by atoms with E-state index in [9.17, 15) is 0 Å². The Labute approximate surface area is 112 Å². The number of oxime groups is 1. The lowest BCUT2D eigenvalue weighted by atomic mass is 10.1. The Bertz CT molecular complexity index is 219. The summed E-state index contributed by atoms with van der Waals surface area (Å²) in [7, 11) is 2.02. The first-order valence-corrected chi connectivity index (χ1v) is 7.31. The SMILES string of the molecule is CCCCCCCCCCN(C)C(C)C(N)=NO. The minimum absolute atomic E-state index is 0.0135. The zero-order chi connectivity index (χ0) is 13.8. The van der Waals surface area contributed by atoms with Crippen LogP contribution in [0.2, 0.25) is 0 Å². The molecular formula is C14H31N3O. The number of unbranched alkanes of at least 4 members (excludes halogenated alkanes) is 7. The molecule has 1 unspecified atom stereocenters. The van der Waals surface area contributed by atoms with Crippen molar-refractivity contribution in [2.75, 3.05) is 13.6 Å². The Balaban J connectivity index is 3.43. The Kier molecular flexibility index (Phi) is 10.8. The van der Waals surface area contributed by atoms with E-state index in [4.69, 9.17) is 10.9 Å². The van der Waals surface area contributed by atoms with E-state index in [-0.39, 0.29) is 11.9 Å². The summed E-state index contributed by atoms with van der Waals surface area (Å²) >= 11 is 0. The molecule has 0 aliphatic carbocycles. The van der Waals surface area contributed by atoms with Gasteiger partial charge in [-0.05, 0) is 26.9 Å². The monoisotopic (exact) mass is 257 g/mol. The maximum atomic E-state index is 8.60. The molecule has 0 aromatic carbocycles. The molecule has 0 aliphatic rings. The van der Waals surface area contributed by atoms with Gasteiger partial charge in [-0.1, -0.05) is 57.0 Å². The lowest BCUT2D eigenvalue weighted by Crippen LogP contribution is -2.40. The Morgan fingerprint density at radius 2 is 1.61 bits per heavy atom. The molecule has 0 rings (SSSR count). The van der Waals surface area contributed by atoms with Crippen molar-refractivity contribution in [2.24, 2.45) is 10.9 Å². The molecular weight excluding hydrogens is 226 g/mol. The van der Waals surface area contributed by atoms with Crippen LogP contribution in [0.4, 0.5) is 0 Å². The Morgan fingerprint density at radius 1 is 1.11 bits per heavy atom. The molecule has 0 amide bonds. The molecule has 0 radical (unpaired) electrons. The molecule has 0 bridgehead atoms. The third-order valence-corrected chi connectivity index (χ3v) is 3.57. The Morgan fingerprint density at radius 3 is 2.11 bits per heavy atom. The summed E-state index contributed by atoms with van der Waals surface area (Å²) in [5.41, 5.74) is 5.57. The van der Waals surface area contributed by atoms with Crippen LogP contribution in [0.1, 0.15) is 65.2 Å². The van der Waals surface area contributed by atoms with Crippen LogP contribution < -0.4 is 5.73 Å². The van der Waals surface area contributed by atoms with E-state index in [0.29, 0.717) is 0 Å². The van der Waals surface area contributed by atoms with Crippen molar-refractivity contribution in [3.05, 3.63) is 0 Å². The van der Waals surface area contributed by atoms with Gasteiger partial charge in [0.15, 0.2) is 5.84 Å². The van der Waals surface area contributed by atoms with Crippen LogP contribution in [0.5, 0.6) is 0 Å². The number of rotatable bonds is 11. The number of nitrogens with zero attached hydrogens (tertiary/aromatic N) is 2. The van der Waals surface area contributed by atoms with Crippen molar-refractivity contribution in [1.29, 1.82) is 0 Å². The molecule has 0 spiro atoms. The van der Waals surface area contributed by atoms with Gasteiger partial charge < -0.3 is 10.9 Å². The van der Waals surface area contributed by atoms with Crippen molar-refractivity contribution in [1.82, 2.24) is 4.90 Å². The standard InChI is InChI=1S/C14H31N3O/c1-4-5-6-7-8-9-10-11-12-17(3)13(2)14(15)16-18/h13,18H,4-12H2,1-3H3,(H2,15,16). The highest BCUT2D eigenvalue weighted by atomic mass is 16.4. The quantitative estimate of drug-likeness (QED) is 0.196. The number of hydrogen-bond donors (Lipinski definition) is 2. The fourth-order valence-electron chi connectivity index (χ4n) is 2.00. The molecule has 18 heavy (non-hydrogen) atoms. The van der Waals surface area contributed by atoms with Crippen LogP contribution in [-0.4, -0.2) is 35.6 Å². The molecule has 0 aliphatic heterocycles. The molecule has 0 aromatic rings. The van der Waals surface area contributed by atoms with Crippen LogP contribution in [-0.2, 0) is 0 Å². The zero-order valence-electron chi connectivity index (χ0n) is 12.4. The van der Waals surface area contributed by atoms with Crippen molar-refractivity contribution >= 4 is 5.84 Å². The van der Waals surface area contributed by atoms with Crippen molar-refractivity contribution in [3.8, 4) is 0 Å². The molecule has 0 saturated carbocycles. The maximum absolute atomic E-state index is 8.60. The van der Waals surface area contributed by atoms with E-state index in [1.807, 2.05) is 14.0 Å². The van der Waals surface area contributed by atoms with Gasteiger partial charge in [0, 0.05) is 0 Å². The van der Waals surface area contributed by atoms with Crippen LogP contribution in [0.15, 0.2) is 5.16 Å². The van der Waals surface area contributed by atoms with Gasteiger partial charge in [-0.2, -0.15) is 0 Å². The first-order chi connectivity index (χ1) is 8.63. The number of hydrogen-bond acceptors (Lipinski definition) is 3. The van der Waals surface area contributed by atoms with Crippen molar-refractivity contribution < 1.29 is 5.21 Å². The van der Waals surface area contributed by atoms with Gasteiger partial charge in [0.1, 0.15) is 0 Å². The molecule has 0 fully saturated rings. The van der Waals surface area contributed by atoms with Gasteiger partial charge in [0.05, 0.1) is 6.04 Å². The summed E-state index contributed by atoms with van der Waals surface area (Å²) in [5, 5.41) is 11.7. The van der Waals surface area contributed by atoms with Crippen molar-refractivity contribution in [3.63, 3.8) is 0 Å². The first-order valence-electron chi connectivity index (χ1n) is 7.31. The average molecular weight is 257 g/mol. The van der Waals surface area contributed by atoms with Crippen LogP contribution in [0.25, 0.3) is 0 Å². The molecule has 108 valence electrons. The summed E-state index contributed by atoms with van der Waals surface area (Å²) < 4.78 is 0. The van der Waals surface area contributed by atoms with Gasteiger partial charge in [-0.15, -0.1) is 0 Å². The van der Waals surface area contributed by atoms with Crippen molar-refractivity contribution in [2.45, 2.75) is 71.3 Å². The van der Waals surface area contributed by atoms with E-state index in [2.05, 4.69) is 17.0 Å². The van der Waals surface area contributed by atoms with Gasteiger partial charge >= 0.3 is 0 Å². The second kappa shape index (κ2) is 11.3. The minimum Gasteiger partial charge on any atom is -0.409 e. The van der Waals surface area contributed by atoms with Crippen LogP contribution in [0.3, 0.4) is 0 Å². The number of amidine groups is 1. The largest absolute Gasteiger partial charge is 0.409 e. The average Bonchev–Trinajstić information content (AvgIpc) is 2.39. The summed E-state index contributed by atoms with van der Waals surface area (Å²) in [6.45, 7) is 5.21. The van der Waals surface area contributed by atoms with E-state index >= 15 is 0 Å². The highest BCUT2D eigenvalue weighted by Gasteiger charge is 2.12. The number of likely N-dealkylation sites (N-methyl/N-ethyl adjacent to an activating group) is 1. The normalized spacial score (nSPS) is 14.1. The molecule has 3 N–H and O–H groups in total. The van der Waals surface area contributed by atoms with E-state index in [1.54, 1.807) is 0 Å². The summed E-state index contributed by atoms with van der Waals surface area (Å²) in [4.78, 5) is 2.13. The fourth-order valence-corrected chi connectivity index (χ4v) is 2.00. The third kappa shape index (κ3) is 8.34. The molecule has 0 heterocycles. The maximum Gasteiger partial charge on any atom is 0.156 e. The predicted molar refractivity (Wildman–Crippen MR) is 78.1 cm³/mol. The fraction of sp³-hybridized carbons (Fsp3) is 0.929. The topological polar surface area (TPSA) is 61.8 Å². The second-order valence-electron chi connectivity index (χ2n) is 5.16. The van der Waals surface area contributed by atoms with E-state index in [1.165, 1.54) is 51.4 Å². The van der Waals surface area contributed by atoms with Crippen LogP contribution in [0, 0.1) is 0 Å². The number of nitrogens with two attached hydrogens (primary N) is 1. The highest BCUT2D eigenvalue weighted by Crippen LogP contribution is 2.09. The lowest BCUT2D eigenvalue weighted by Gasteiger charge is -2.23. The summed E-state index contributed by atoms with van der Waals surface area (Å²) in [6, 6.07) is 0.0135. The van der Waals surface area contributed by atoms with Gasteiger partial charge in [0.2, 0.25) is 0 Å². The molecule has 1 atom stereocenters. The molecule has 0 aromatic heterocycles.